The summed E-state index contributed by atoms with van der Waals surface area (Å²) >= 11 is 0. The van der Waals surface area contributed by atoms with Crippen LogP contribution in [0.2, 0.25) is 0 Å². The Hall–Kier alpha value is -1.47. The van der Waals surface area contributed by atoms with Gasteiger partial charge in [0.2, 0.25) is 15.9 Å². The van der Waals surface area contributed by atoms with E-state index in [0.29, 0.717) is 31.4 Å². The first-order valence-corrected chi connectivity index (χ1v) is 10.2. The van der Waals surface area contributed by atoms with Crippen molar-refractivity contribution in [1.82, 2.24) is 9.21 Å². The lowest BCUT2D eigenvalue weighted by Crippen LogP contribution is -2.61. The maximum Gasteiger partial charge on any atom is 0.223 e. The van der Waals surface area contributed by atoms with Gasteiger partial charge < -0.3 is 4.90 Å². The molecule has 0 aromatic heterocycles. The predicted octanol–water partition coefficient (Wildman–Crippen LogP) is 2.52. The van der Waals surface area contributed by atoms with Crippen LogP contribution in [0.4, 0.5) is 4.39 Å². The molecule has 7 heteroatoms. The Morgan fingerprint density at radius 1 is 1.32 bits per heavy atom. The first-order valence-electron chi connectivity index (χ1n) is 8.72. The number of piperidine rings is 1. The minimum absolute atomic E-state index is 0.0363. The number of carbonyl (C=O) groups excluding carboxylic acids is 1. The van der Waals surface area contributed by atoms with Gasteiger partial charge in [0.25, 0.3) is 0 Å². The van der Waals surface area contributed by atoms with Crippen LogP contribution in [0.15, 0.2) is 24.3 Å². The zero-order chi connectivity index (χ0) is 18.4. The summed E-state index contributed by atoms with van der Waals surface area (Å²) in [5.41, 5.74) is -0.137. The fourth-order valence-electron chi connectivity index (χ4n) is 4.06. The van der Waals surface area contributed by atoms with Crippen LogP contribution >= 0.6 is 0 Å². The Morgan fingerprint density at radius 2 is 2.00 bits per heavy atom. The standard InChI is InChI=1S/C18H25FN2O3S/c1-13(2)25(23,24)21-11-10-18(3)16(21)8-9-17(22)20(18)12-14-6-4-5-7-15(14)19/h4-7,13,16H,8-12H2,1-3H3/t16-,18-/m0/s1. The molecule has 138 valence electrons. The zero-order valence-electron chi connectivity index (χ0n) is 14.9. The summed E-state index contributed by atoms with van der Waals surface area (Å²) in [6.45, 7) is 5.87. The van der Waals surface area contributed by atoms with Crippen molar-refractivity contribution in [3.63, 3.8) is 0 Å². The summed E-state index contributed by atoms with van der Waals surface area (Å²) in [6.07, 6.45) is 1.39. The minimum Gasteiger partial charge on any atom is -0.331 e. The number of hydrogen-bond donors (Lipinski definition) is 0. The summed E-state index contributed by atoms with van der Waals surface area (Å²) < 4.78 is 41.0. The van der Waals surface area contributed by atoms with Gasteiger partial charge in [0.15, 0.2) is 0 Å². The average Bonchev–Trinajstić information content (AvgIpc) is 2.90. The quantitative estimate of drug-likeness (QED) is 0.821. The molecule has 0 N–H and O–H groups in total. The molecule has 0 aliphatic carbocycles. The van der Waals surface area contributed by atoms with Crippen molar-refractivity contribution in [3.05, 3.63) is 35.6 Å². The number of halogens is 1. The van der Waals surface area contributed by atoms with Gasteiger partial charge in [-0.15, -0.1) is 0 Å². The number of sulfonamides is 1. The minimum atomic E-state index is -3.39. The second-order valence-corrected chi connectivity index (χ2v) is 9.88. The highest BCUT2D eigenvalue weighted by Gasteiger charge is 2.55. The number of carbonyl (C=O) groups is 1. The second kappa shape index (κ2) is 6.36. The average molecular weight is 368 g/mol. The molecule has 25 heavy (non-hydrogen) atoms. The molecule has 1 aromatic rings. The van der Waals surface area contributed by atoms with Crippen molar-refractivity contribution in [2.45, 2.75) is 63.4 Å². The largest absolute Gasteiger partial charge is 0.331 e. The molecule has 2 heterocycles. The van der Waals surface area contributed by atoms with E-state index in [1.165, 1.54) is 6.07 Å². The number of hydrogen-bond acceptors (Lipinski definition) is 3. The number of nitrogens with zero attached hydrogens (tertiary/aromatic N) is 2. The van der Waals surface area contributed by atoms with Crippen LogP contribution in [0.5, 0.6) is 0 Å². The molecule has 0 bridgehead atoms. The summed E-state index contributed by atoms with van der Waals surface area (Å²) in [7, 11) is -3.39. The van der Waals surface area contributed by atoms with Crippen LogP contribution in [0.1, 0.15) is 45.6 Å². The molecule has 0 spiro atoms. The van der Waals surface area contributed by atoms with Gasteiger partial charge in [-0.25, -0.2) is 12.8 Å². The van der Waals surface area contributed by atoms with Crippen molar-refractivity contribution in [1.29, 1.82) is 0 Å². The van der Waals surface area contributed by atoms with Crippen molar-refractivity contribution in [2.24, 2.45) is 0 Å². The third kappa shape index (κ3) is 2.97. The van der Waals surface area contributed by atoms with E-state index in [1.807, 2.05) is 6.92 Å². The fourth-order valence-corrected chi connectivity index (χ4v) is 5.63. The Balaban J connectivity index is 1.93. The summed E-state index contributed by atoms with van der Waals surface area (Å²) in [5, 5.41) is -0.493. The molecule has 3 rings (SSSR count). The third-order valence-corrected chi connectivity index (χ3v) is 7.94. The molecule has 5 nitrogen and oxygen atoms in total. The number of amides is 1. The molecule has 0 unspecified atom stereocenters. The monoisotopic (exact) mass is 368 g/mol. The van der Waals surface area contributed by atoms with Gasteiger partial charge >= 0.3 is 0 Å². The van der Waals surface area contributed by atoms with Gasteiger partial charge in [-0.3, -0.25) is 4.79 Å². The molecule has 1 amide bonds. The highest BCUT2D eigenvalue weighted by molar-refractivity contribution is 7.89. The van der Waals surface area contributed by atoms with E-state index in [2.05, 4.69) is 0 Å². The normalized spacial score (nSPS) is 27.8. The smallest absolute Gasteiger partial charge is 0.223 e. The van der Waals surface area contributed by atoms with Crippen molar-refractivity contribution in [2.75, 3.05) is 6.54 Å². The SMILES string of the molecule is CC(C)S(=O)(=O)N1CC[C@@]2(C)[C@@H]1CCC(=O)N2Cc1ccccc1F. The van der Waals surface area contributed by atoms with Crippen LogP contribution in [0, 0.1) is 5.82 Å². The Labute approximate surface area is 148 Å². The fraction of sp³-hybridized carbons (Fsp3) is 0.611. The van der Waals surface area contributed by atoms with Gasteiger partial charge in [-0.2, -0.15) is 4.31 Å². The molecule has 2 aliphatic rings. The topological polar surface area (TPSA) is 57.7 Å². The maximum absolute atomic E-state index is 14.1. The molecule has 1 aromatic carbocycles. The van der Waals surface area contributed by atoms with E-state index < -0.39 is 20.8 Å². The molecular weight excluding hydrogens is 343 g/mol. The van der Waals surface area contributed by atoms with Gasteiger partial charge in [-0.1, -0.05) is 18.2 Å². The highest BCUT2D eigenvalue weighted by atomic mass is 32.2. The van der Waals surface area contributed by atoms with E-state index in [1.54, 1.807) is 41.3 Å². The number of benzene rings is 1. The molecule has 2 fully saturated rings. The Kier molecular flexibility index (Phi) is 4.66. The van der Waals surface area contributed by atoms with E-state index in [4.69, 9.17) is 0 Å². The lowest BCUT2D eigenvalue weighted by atomic mass is 9.83. The lowest BCUT2D eigenvalue weighted by molar-refractivity contribution is -0.143. The van der Waals surface area contributed by atoms with E-state index in [-0.39, 0.29) is 24.3 Å². The van der Waals surface area contributed by atoms with Gasteiger partial charge in [0.1, 0.15) is 5.82 Å². The van der Waals surface area contributed by atoms with E-state index in [0.717, 1.165) is 0 Å². The predicted molar refractivity (Wildman–Crippen MR) is 93.8 cm³/mol. The molecular formula is C18H25FN2O3S. The number of rotatable bonds is 4. The van der Waals surface area contributed by atoms with Gasteiger partial charge in [-0.05, 0) is 39.7 Å². The van der Waals surface area contributed by atoms with Crippen molar-refractivity contribution in [3.8, 4) is 0 Å². The van der Waals surface area contributed by atoms with Gasteiger partial charge in [0, 0.05) is 31.1 Å². The highest BCUT2D eigenvalue weighted by Crippen LogP contribution is 2.43. The third-order valence-electron chi connectivity index (χ3n) is 5.66. The molecule has 0 saturated carbocycles. The Bertz CT molecular complexity index is 780. The molecule has 0 radical (unpaired) electrons. The first kappa shape index (κ1) is 18.3. The lowest BCUT2D eigenvalue weighted by Gasteiger charge is -2.47. The van der Waals surface area contributed by atoms with E-state index >= 15 is 0 Å². The van der Waals surface area contributed by atoms with E-state index in [9.17, 15) is 17.6 Å². The van der Waals surface area contributed by atoms with Crippen LogP contribution < -0.4 is 0 Å². The molecule has 2 saturated heterocycles. The first-order chi connectivity index (χ1) is 11.7. The molecule has 2 atom stereocenters. The summed E-state index contributed by atoms with van der Waals surface area (Å²) in [4.78, 5) is 14.3. The van der Waals surface area contributed by atoms with Gasteiger partial charge in [0.05, 0.1) is 10.8 Å². The molecule has 2 aliphatic heterocycles. The van der Waals surface area contributed by atoms with Crippen LogP contribution in [0.25, 0.3) is 0 Å². The summed E-state index contributed by atoms with van der Waals surface area (Å²) in [6, 6.07) is 6.18. The van der Waals surface area contributed by atoms with Crippen molar-refractivity contribution < 1.29 is 17.6 Å². The zero-order valence-corrected chi connectivity index (χ0v) is 15.7. The second-order valence-electron chi connectivity index (χ2n) is 7.44. The maximum atomic E-state index is 14.1. The Morgan fingerprint density at radius 3 is 2.64 bits per heavy atom. The van der Waals surface area contributed by atoms with Crippen LogP contribution in [0.3, 0.4) is 0 Å². The number of fused-ring (bicyclic) bond motifs is 1. The van der Waals surface area contributed by atoms with Crippen LogP contribution in [-0.4, -0.2) is 46.9 Å². The summed E-state index contributed by atoms with van der Waals surface area (Å²) in [5.74, 6) is -0.378. The number of likely N-dealkylation sites (tertiary alicyclic amines) is 1. The van der Waals surface area contributed by atoms with Crippen LogP contribution in [-0.2, 0) is 21.4 Å². The van der Waals surface area contributed by atoms with Crippen molar-refractivity contribution >= 4 is 15.9 Å².